The number of aryl methyl sites for hydroxylation is 1. The molecule has 5 heteroatoms. The molecule has 31 heavy (non-hydrogen) atoms. The second kappa shape index (κ2) is 8.90. The first-order chi connectivity index (χ1) is 14.5. The normalized spacial score (nSPS) is 12.1. The lowest BCUT2D eigenvalue weighted by Crippen LogP contribution is -2.13. The molecule has 0 amide bonds. The van der Waals surface area contributed by atoms with Crippen LogP contribution in [0, 0.1) is 6.92 Å². The maximum Gasteiger partial charge on any atom is 0.261 e. The molecule has 3 rings (SSSR count). The van der Waals surface area contributed by atoms with Gasteiger partial charge in [0.25, 0.3) is 10.0 Å². The summed E-state index contributed by atoms with van der Waals surface area (Å²) in [6.45, 7) is 8.37. The molecule has 0 bridgehead atoms. The van der Waals surface area contributed by atoms with Crippen molar-refractivity contribution < 1.29 is 13.2 Å². The molecule has 0 saturated carbocycles. The molecule has 0 radical (unpaired) electrons. The van der Waals surface area contributed by atoms with Gasteiger partial charge in [0.15, 0.2) is 5.78 Å². The van der Waals surface area contributed by atoms with Gasteiger partial charge in [0, 0.05) is 11.3 Å². The third-order valence-electron chi connectivity index (χ3n) is 4.96. The SMILES string of the molecule is Cc1ccc(S(=O)(=O)Nc2ccc(C(=O)C=Cc3ccc(C(C)(C)C)cc3)cc2)cc1. The molecule has 3 aromatic carbocycles. The van der Waals surface area contributed by atoms with Gasteiger partial charge in [0.05, 0.1) is 4.90 Å². The highest BCUT2D eigenvalue weighted by atomic mass is 32.2. The highest BCUT2D eigenvalue weighted by Gasteiger charge is 2.14. The van der Waals surface area contributed by atoms with E-state index in [1.807, 2.05) is 19.1 Å². The Labute approximate surface area is 184 Å². The first kappa shape index (κ1) is 22.5. The average molecular weight is 434 g/mol. The van der Waals surface area contributed by atoms with E-state index in [9.17, 15) is 13.2 Å². The summed E-state index contributed by atoms with van der Waals surface area (Å²) in [5, 5.41) is 0. The van der Waals surface area contributed by atoms with E-state index in [2.05, 4.69) is 37.6 Å². The minimum Gasteiger partial charge on any atom is -0.289 e. The van der Waals surface area contributed by atoms with Crippen LogP contribution in [0.2, 0.25) is 0 Å². The summed E-state index contributed by atoms with van der Waals surface area (Å²) in [5.74, 6) is -0.146. The molecule has 3 aromatic rings. The van der Waals surface area contributed by atoms with Crippen LogP contribution in [0.4, 0.5) is 5.69 Å². The molecule has 0 fully saturated rings. The van der Waals surface area contributed by atoms with Crippen molar-refractivity contribution in [3.05, 3.63) is 101 Å². The molecule has 1 N–H and O–H groups in total. The number of carbonyl (C=O) groups is 1. The Morgan fingerprint density at radius 2 is 1.42 bits per heavy atom. The number of hydrogen-bond donors (Lipinski definition) is 1. The number of ketones is 1. The van der Waals surface area contributed by atoms with Gasteiger partial charge in [-0.15, -0.1) is 0 Å². The summed E-state index contributed by atoms with van der Waals surface area (Å²) >= 11 is 0. The van der Waals surface area contributed by atoms with Crippen LogP contribution in [0.1, 0.15) is 47.8 Å². The third kappa shape index (κ3) is 5.92. The third-order valence-corrected chi connectivity index (χ3v) is 6.35. The van der Waals surface area contributed by atoms with E-state index in [1.165, 1.54) is 11.6 Å². The van der Waals surface area contributed by atoms with Crippen LogP contribution in [0.5, 0.6) is 0 Å². The van der Waals surface area contributed by atoms with Crippen molar-refractivity contribution in [2.75, 3.05) is 4.72 Å². The zero-order chi connectivity index (χ0) is 22.6. The van der Waals surface area contributed by atoms with Gasteiger partial charge >= 0.3 is 0 Å². The molecular formula is C26H27NO3S. The zero-order valence-electron chi connectivity index (χ0n) is 18.2. The summed E-state index contributed by atoms with van der Waals surface area (Å²) in [6, 6.07) is 21.2. The van der Waals surface area contributed by atoms with E-state index in [4.69, 9.17) is 0 Å². The Bertz CT molecular complexity index is 1180. The lowest BCUT2D eigenvalue weighted by Gasteiger charge is -2.18. The number of rotatable bonds is 6. The second-order valence-corrected chi connectivity index (χ2v) is 10.2. The maximum absolute atomic E-state index is 12.5. The van der Waals surface area contributed by atoms with Gasteiger partial charge in [-0.2, -0.15) is 0 Å². The van der Waals surface area contributed by atoms with Gasteiger partial charge in [-0.1, -0.05) is 68.8 Å². The van der Waals surface area contributed by atoms with Gasteiger partial charge in [-0.05, 0) is 65.9 Å². The molecule has 0 spiro atoms. The number of nitrogens with one attached hydrogen (secondary N) is 1. The van der Waals surface area contributed by atoms with Crippen LogP contribution >= 0.6 is 0 Å². The van der Waals surface area contributed by atoms with Gasteiger partial charge in [-0.25, -0.2) is 8.42 Å². The summed E-state index contributed by atoms with van der Waals surface area (Å²) in [4.78, 5) is 12.7. The molecule has 4 nitrogen and oxygen atoms in total. The molecule has 0 atom stereocenters. The number of benzene rings is 3. The molecule has 0 saturated heterocycles. The van der Waals surface area contributed by atoms with E-state index in [0.717, 1.165) is 11.1 Å². The second-order valence-electron chi connectivity index (χ2n) is 8.57. The monoisotopic (exact) mass is 433 g/mol. The number of allylic oxidation sites excluding steroid dienone is 1. The van der Waals surface area contributed by atoms with E-state index in [1.54, 1.807) is 54.6 Å². The first-order valence-corrected chi connectivity index (χ1v) is 11.6. The van der Waals surface area contributed by atoms with Gasteiger partial charge in [0.1, 0.15) is 0 Å². The smallest absolute Gasteiger partial charge is 0.261 e. The largest absolute Gasteiger partial charge is 0.289 e. The minimum atomic E-state index is -3.67. The van der Waals surface area contributed by atoms with Crippen molar-refractivity contribution >= 4 is 27.6 Å². The molecule has 0 aliphatic heterocycles. The number of carbonyl (C=O) groups excluding carboxylic acids is 1. The minimum absolute atomic E-state index is 0.0841. The molecule has 0 aliphatic carbocycles. The summed E-state index contributed by atoms with van der Waals surface area (Å²) in [7, 11) is -3.67. The number of hydrogen-bond acceptors (Lipinski definition) is 3. The molecule has 0 unspecified atom stereocenters. The van der Waals surface area contributed by atoms with Crippen LogP contribution in [0.25, 0.3) is 6.08 Å². The number of anilines is 1. The highest BCUT2D eigenvalue weighted by molar-refractivity contribution is 7.92. The summed E-state index contributed by atoms with van der Waals surface area (Å²) in [5.41, 5.74) is 4.14. The van der Waals surface area contributed by atoms with Crippen LogP contribution in [-0.2, 0) is 15.4 Å². The lowest BCUT2D eigenvalue weighted by atomic mass is 9.87. The quantitative estimate of drug-likeness (QED) is 0.384. The van der Waals surface area contributed by atoms with E-state index < -0.39 is 10.0 Å². The Hall–Kier alpha value is -3.18. The lowest BCUT2D eigenvalue weighted by molar-refractivity contribution is 0.104. The molecule has 0 heterocycles. The van der Waals surface area contributed by atoms with Crippen LogP contribution < -0.4 is 4.72 Å². The molecule has 0 aromatic heterocycles. The average Bonchev–Trinajstić information content (AvgIpc) is 2.72. The van der Waals surface area contributed by atoms with Gasteiger partial charge < -0.3 is 0 Å². The van der Waals surface area contributed by atoms with Gasteiger partial charge in [0.2, 0.25) is 0 Å². The van der Waals surface area contributed by atoms with Crippen molar-refractivity contribution in [1.82, 2.24) is 0 Å². The van der Waals surface area contributed by atoms with Crippen LogP contribution in [-0.4, -0.2) is 14.2 Å². The standard InChI is InChI=1S/C26H27NO3S/c1-19-5-16-24(17-6-19)31(29,30)27-23-14-10-21(11-15-23)25(28)18-9-20-7-12-22(13-8-20)26(2,3)4/h5-18,27H,1-4H3. The van der Waals surface area contributed by atoms with Crippen molar-refractivity contribution in [3.8, 4) is 0 Å². The van der Waals surface area contributed by atoms with Crippen molar-refractivity contribution in [2.24, 2.45) is 0 Å². The predicted molar refractivity (Wildman–Crippen MR) is 127 cm³/mol. The van der Waals surface area contributed by atoms with Crippen molar-refractivity contribution in [1.29, 1.82) is 0 Å². The zero-order valence-corrected chi connectivity index (χ0v) is 19.0. The fourth-order valence-electron chi connectivity index (χ4n) is 3.00. The topological polar surface area (TPSA) is 63.2 Å². The highest BCUT2D eigenvalue weighted by Crippen LogP contribution is 2.22. The van der Waals surface area contributed by atoms with Gasteiger partial charge in [-0.3, -0.25) is 9.52 Å². The Morgan fingerprint density at radius 1 is 0.839 bits per heavy atom. The van der Waals surface area contributed by atoms with E-state index in [-0.39, 0.29) is 16.1 Å². The fraction of sp³-hybridized carbons (Fsp3) is 0.192. The Balaban J connectivity index is 1.67. The molecule has 0 aliphatic rings. The van der Waals surface area contributed by atoms with Crippen molar-refractivity contribution in [2.45, 2.75) is 38.0 Å². The van der Waals surface area contributed by atoms with E-state index in [0.29, 0.717) is 11.3 Å². The Morgan fingerprint density at radius 3 is 1.97 bits per heavy atom. The summed E-state index contributed by atoms with van der Waals surface area (Å²) in [6.07, 6.45) is 3.31. The predicted octanol–water partition coefficient (Wildman–Crippen LogP) is 5.99. The van der Waals surface area contributed by atoms with E-state index >= 15 is 0 Å². The fourth-order valence-corrected chi connectivity index (χ4v) is 4.06. The Kier molecular flexibility index (Phi) is 6.46. The van der Waals surface area contributed by atoms with Crippen LogP contribution in [0.3, 0.4) is 0 Å². The first-order valence-electron chi connectivity index (χ1n) is 10.1. The van der Waals surface area contributed by atoms with Crippen molar-refractivity contribution in [3.63, 3.8) is 0 Å². The number of sulfonamides is 1. The van der Waals surface area contributed by atoms with Crippen LogP contribution in [0.15, 0.2) is 83.8 Å². The summed E-state index contributed by atoms with van der Waals surface area (Å²) < 4.78 is 27.5. The molecule has 160 valence electrons. The maximum atomic E-state index is 12.5. The molecular weight excluding hydrogens is 406 g/mol.